The first-order valence-corrected chi connectivity index (χ1v) is 12.2. The van der Waals surface area contributed by atoms with Crippen molar-refractivity contribution >= 4 is 28.6 Å². The van der Waals surface area contributed by atoms with Crippen LogP contribution >= 0.6 is 11.6 Å². The predicted molar refractivity (Wildman–Crippen MR) is 129 cm³/mol. The first kappa shape index (κ1) is 26.1. The van der Waals surface area contributed by atoms with Gasteiger partial charge >= 0.3 is 6.11 Å². The van der Waals surface area contributed by atoms with Crippen LogP contribution in [0.4, 0.5) is 19.1 Å². The highest BCUT2D eigenvalue weighted by Crippen LogP contribution is 2.45. The minimum atomic E-state index is -3.54. The van der Waals surface area contributed by atoms with Crippen molar-refractivity contribution in [3.8, 4) is 11.3 Å². The molecule has 0 unspecified atom stereocenters. The van der Waals surface area contributed by atoms with E-state index < -0.39 is 48.0 Å². The van der Waals surface area contributed by atoms with Crippen molar-refractivity contribution in [2.24, 2.45) is 5.92 Å². The van der Waals surface area contributed by atoms with Gasteiger partial charge in [0.25, 0.3) is 0 Å². The molecule has 4 heterocycles. The summed E-state index contributed by atoms with van der Waals surface area (Å²) < 4.78 is 54.9. The van der Waals surface area contributed by atoms with Gasteiger partial charge in [0, 0.05) is 17.5 Å². The van der Waals surface area contributed by atoms with E-state index in [-0.39, 0.29) is 28.2 Å². The molecule has 0 aliphatic carbocycles. The highest BCUT2D eigenvalue weighted by Gasteiger charge is 2.62. The lowest BCUT2D eigenvalue weighted by Crippen LogP contribution is -2.54. The number of ether oxygens (including phenoxy) is 2. The van der Waals surface area contributed by atoms with Crippen LogP contribution in [0, 0.1) is 11.7 Å². The van der Waals surface area contributed by atoms with Gasteiger partial charge in [-0.05, 0) is 39.8 Å². The second-order valence-electron chi connectivity index (χ2n) is 10.3. The van der Waals surface area contributed by atoms with Crippen molar-refractivity contribution in [2.45, 2.75) is 76.9 Å². The summed E-state index contributed by atoms with van der Waals surface area (Å²) in [6.07, 6.45) is -6.72. The van der Waals surface area contributed by atoms with E-state index in [1.54, 1.807) is 24.5 Å². The number of anilines is 1. The van der Waals surface area contributed by atoms with E-state index in [9.17, 15) is 19.0 Å². The van der Waals surface area contributed by atoms with Gasteiger partial charge in [-0.15, -0.1) is 0 Å². The summed E-state index contributed by atoms with van der Waals surface area (Å²) in [5.74, 6) is -1.19. The fourth-order valence-electron chi connectivity index (χ4n) is 4.97. The Hall–Kier alpha value is -2.51. The first-order chi connectivity index (χ1) is 17.2. The van der Waals surface area contributed by atoms with E-state index >= 15 is 4.39 Å². The number of halogens is 4. The summed E-state index contributed by atoms with van der Waals surface area (Å²) in [4.78, 5) is 12.9. The number of imidazole rings is 1. The molecular formula is C24H27ClF3N5O4. The molecule has 2 aromatic heterocycles. The normalized spacial score (nSPS) is 27.3. The Morgan fingerprint density at radius 2 is 1.95 bits per heavy atom. The molecule has 2 fully saturated rings. The monoisotopic (exact) mass is 541 g/mol. The van der Waals surface area contributed by atoms with E-state index in [2.05, 4.69) is 25.0 Å². The Bertz CT molecular complexity index is 1360. The van der Waals surface area contributed by atoms with Crippen LogP contribution in [-0.2, 0) is 15.1 Å². The molecule has 1 aromatic carbocycles. The zero-order valence-corrected chi connectivity index (χ0v) is 21.5. The number of aliphatic hydroxyl groups excluding tert-OH is 1. The zero-order chi connectivity index (χ0) is 27.0. The molecule has 5 rings (SSSR count). The maximum Gasteiger partial charge on any atom is 0.384 e. The number of fused-ring (bicyclic) bond motifs is 3. The number of alkyl halides is 2. The standard InChI is InChI=1S/C24H27ClF3N5O4/c1-9(2)33-14-7-11(6-13(26)17(14)30-21(33)23(4,5)35)16-12(25)8-29-22(32-16)31-15-10(3)19-24(27,28)37-20(36-19)18(15)34/h6-10,15,18-20,34-35H,1-5H3,(H,29,31,32)/t10-,15+,18-,19-,20-/m0/s1. The third-order valence-corrected chi connectivity index (χ3v) is 6.98. The molecule has 0 saturated carbocycles. The maximum atomic E-state index is 15.3. The van der Waals surface area contributed by atoms with Crippen molar-refractivity contribution in [1.82, 2.24) is 19.5 Å². The van der Waals surface area contributed by atoms with Gasteiger partial charge < -0.3 is 24.8 Å². The molecule has 2 bridgehead atoms. The summed E-state index contributed by atoms with van der Waals surface area (Å²) in [6, 6.07) is 1.83. The molecule has 5 atom stereocenters. The smallest absolute Gasteiger partial charge is 0.384 e. The molecular weight excluding hydrogens is 515 g/mol. The molecule has 0 spiro atoms. The third kappa shape index (κ3) is 4.34. The minimum absolute atomic E-state index is 0.00466. The van der Waals surface area contributed by atoms with E-state index in [0.29, 0.717) is 16.9 Å². The molecule has 2 aliphatic rings. The van der Waals surface area contributed by atoms with Gasteiger partial charge in [-0.3, -0.25) is 4.74 Å². The van der Waals surface area contributed by atoms with Crippen LogP contribution in [0.15, 0.2) is 18.3 Å². The van der Waals surface area contributed by atoms with Crippen molar-refractivity contribution < 1.29 is 32.9 Å². The highest BCUT2D eigenvalue weighted by atomic mass is 35.5. The van der Waals surface area contributed by atoms with Crippen LogP contribution in [0.5, 0.6) is 0 Å². The molecule has 9 nitrogen and oxygen atoms in total. The lowest BCUT2D eigenvalue weighted by atomic mass is 9.89. The van der Waals surface area contributed by atoms with E-state index in [1.165, 1.54) is 19.2 Å². The summed E-state index contributed by atoms with van der Waals surface area (Å²) in [7, 11) is 0. The molecule has 2 saturated heterocycles. The number of aliphatic hydroxyl groups is 2. The van der Waals surface area contributed by atoms with Crippen LogP contribution in [0.25, 0.3) is 22.3 Å². The SMILES string of the molecule is CC(C)n1c(C(C)(C)O)nc2c(F)cc(-c3nc(N[C@@H]4[C@H](C)[C@@H]5O[C@@H](OC5(F)F)[C@H]4O)ncc3Cl)cc21. The quantitative estimate of drug-likeness (QED) is 0.440. The number of hydrogen-bond donors (Lipinski definition) is 3. The van der Waals surface area contributed by atoms with Crippen molar-refractivity contribution in [3.05, 3.63) is 35.0 Å². The number of aromatic nitrogens is 4. The molecule has 200 valence electrons. The summed E-state index contributed by atoms with van der Waals surface area (Å²) in [5.41, 5.74) is -0.287. The second-order valence-corrected chi connectivity index (χ2v) is 10.7. The number of benzene rings is 1. The predicted octanol–water partition coefficient (Wildman–Crippen LogP) is 4.22. The summed E-state index contributed by atoms with van der Waals surface area (Å²) in [6.45, 7) is 8.43. The van der Waals surface area contributed by atoms with Gasteiger partial charge in [0.2, 0.25) is 5.95 Å². The first-order valence-electron chi connectivity index (χ1n) is 11.8. The van der Waals surface area contributed by atoms with E-state index in [0.717, 1.165) is 0 Å². The summed E-state index contributed by atoms with van der Waals surface area (Å²) in [5, 5.41) is 24.2. The molecule has 3 N–H and O–H groups in total. The number of nitrogens with one attached hydrogen (secondary N) is 1. The van der Waals surface area contributed by atoms with Crippen LogP contribution < -0.4 is 5.32 Å². The highest BCUT2D eigenvalue weighted by molar-refractivity contribution is 6.33. The fourth-order valence-corrected chi connectivity index (χ4v) is 5.17. The third-order valence-electron chi connectivity index (χ3n) is 6.70. The molecule has 13 heteroatoms. The zero-order valence-electron chi connectivity index (χ0n) is 20.7. The van der Waals surface area contributed by atoms with Gasteiger partial charge in [0.15, 0.2) is 18.2 Å². The Balaban J connectivity index is 1.55. The van der Waals surface area contributed by atoms with Crippen LogP contribution in [-0.4, -0.2) is 60.4 Å². The Morgan fingerprint density at radius 1 is 1.24 bits per heavy atom. The van der Waals surface area contributed by atoms with Gasteiger partial charge in [-0.25, -0.2) is 19.3 Å². The Kier molecular flexibility index (Phi) is 6.19. The largest absolute Gasteiger partial charge is 0.386 e. The van der Waals surface area contributed by atoms with Crippen LogP contribution in [0.1, 0.15) is 46.5 Å². The van der Waals surface area contributed by atoms with E-state index in [4.69, 9.17) is 16.3 Å². The summed E-state index contributed by atoms with van der Waals surface area (Å²) >= 11 is 6.38. The van der Waals surface area contributed by atoms with Crippen LogP contribution in [0.3, 0.4) is 0 Å². The second kappa shape index (κ2) is 8.77. The van der Waals surface area contributed by atoms with Crippen molar-refractivity contribution in [2.75, 3.05) is 5.32 Å². The number of rotatable bonds is 5. The molecule has 2 aliphatic heterocycles. The van der Waals surface area contributed by atoms with Crippen molar-refractivity contribution in [1.29, 1.82) is 0 Å². The van der Waals surface area contributed by atoms with Gasteiger partial charge in [-0.1, -0.05) is 18.5 Å². The fraction of sp³-hybridized carbons (Fsp3) is 0.542. The van der Waals surface area contributed by atoms with Crippen LogP contribution in [0.2, 0.25) is 5.02 Å². The Morgan fingerprint density at radius 3 is 2.59 bits per heavy atom. The van der Waals surface area contributed by atoms with Crippen molar-refractivity contribution in [3.63, 3.8) is 0 Å². The van der Waals surface area contributed by atoms with Gasteiger partial charge in [0.1, 0.15) is 23.0 Å². The lowest BCUT2D eigenvalue weighted by molar-refractivity contribution is -0.241. The van der Waals surface area contributed by atoms with E-state index in [1.807, 2.05) is 13.8 Å². The maximum absolute atomic E-state index is 15.3. The lowest BCUT2D eigenvalue weighted by Gasteiger charge is -2.37. The van der Waals surface area contributed by atoms with Gasteiger partial charge in [0.05, 0.1) is 28.5 Å². The number of hydrogen-bond acceptors (Lipinski definition) is 8. The molecule has 0 amide bonds. The average Bonchev–Trinajstić information content (AvgIpc) is 3.33. The molecule has 37 heavy (non-hydrogen) atoms. The van der Waals surface area contributed by atoms with Gasteiger partial charge in [-0.2, -0.15) is 8.78 Å². The minimum Gasteiger partial charge on any atom is -0.386 e. The topological polar surface area (TPSA) is 115 Å². The molecule has 0 radical (unpaired) electrons. The molecule has 3 aromatic rings. The number of nitrogens with zero attached hydrogens (tertiary/aromatic N) is 4. The Labute approximate surface area is 215 Å². The average molecular weight is 542 g/mol.